The fraction of sp³-hybridized carbons (Fsp3) is 0. The Hall–Kier alpha value is -2.56. The summed E-state index contributed by atoms with van der Waals surface area (Å²) < 4.78 is 18.3. The second kappa shape index (κ2) is 4.37. The molecule has 3 aromatic rings. The Balaban J connectivity index is 1.95. The lowest BCUT2D eigenvalue weighted by atomic mass is 10.2. The molecule has 88 valence electrons. The monoisotopic (exact) mass is 241 g/mol. The minimum Gasteiger partial charge on any atom is -0.439 e. The molecule has 0 fully saturated rings. The number of aromatic nitrogens is 3. The van der Waals surface area contributed by atoms with Crippen LogP contribution in [0.15, 0.2) is 48.9 Å². The van der Waals surface area contributed by atoms with Crippen molar-refractivity contribution in [3.63, 3.8) is 0 Å². The van der Waals surface area contributed by atoms with Crippen LogP contribution in [0.5, 0.6) is 11.6 Å². The Bertz CT molecular complexity index is 702. The van der Waals surface area contributed by atoms with Crippen LogP contribution in [0, 0.1) is 5.95 Å². The first-order valence-corrected chi connectivity index (χ1v) is 5.31. The molecule has 0 spiro atoms. The lowest BCUT2D eigenvalue weighted by Gasteiger charge is -2.05. The lowest BCUT2D eigenvalue weighted by Crippen LogP contribution is -1.91. The molecule has 0 aliphatic rings. The number of fused-ring (bicyclic) bond motifs is 1. The predicted molar refractivity (Wildman–Crippen MR) is 63.8 cm³/mol. The van der Waals surface area contributed by atoms with E-state index < -0.39 is 5.95 Å². The van der Waals surface area contributed by atoms with Crippen LogP contribution in [0.1, 0.15) is 0 Å². The van der Waals surface area contributed by atoms with E-state index in [-0.39, 0.29) is 5.88 Å². The standard InChI is InChI=1S/C13H8FN3O/c14-12-7-13(17-8-16-12)18-10-4-3-9-2-1-5-15-11(9)6-10/h1-8H. The van der Waals surface area contributed by atoms with Crippen LogP contribution >= 0.6 is 0 Å². The maximum Gasteiger partial charge on any atom is 0.225 e. The van der Waals surface area contributed by atoms with Gasteiger partial charge in [0, 0.05) is 17.6 Å². The van der Waals surface area contributed by atoms with Gasteiger partial charge in [-0.1, -0.05) is 6.07 Å². The maximum absolute atomic E-state index is 12.9. The molecule has 4 nitrogen and oxygen atoms in total. The van der Waals surface area contributed by atoms with Crippen LogP contribution in [0.2, 0.25) is 0 Å². The second-order valence-electron chi connectivity index (χ2n) is 3.64. The number of halogens is 1. The van der Waals surface area contributed by atoms with Gasteiger partial charge in [0.1, 0.15) is 12.1 Å². The highest BCUT2D eigenvalue weighted by Gasteiger charge is 2.02. The molecule has 0 saturated carbocycles. The molecule has 0 saturated heterocycles. The van der Waals surface area contributed by atoms with Crippen molar-refractivity contribution >= 4 is 10.9 Å². The Morgan fingerprint density at radius 1 is 1.00 bits per heavy atom. The summed E-state index contributed by atoms with van der Waals surface area (Å²) in [5, 5.41) is 1.01. The van der Waals surface area contributed by atoms with Crippen LogP contribution < -0.4 is 4.74 Å². The van der Waals surface area contributed by atoms with Crippen LogP contribution in [-0.4, -0.2) is 15.0 Å². The first-order chi connectivity index (χ1) is 8.81. The molecule has 0 aliphatic heterocycles. The van der Waals surface area contributed by atoms with Crippen molar-refractivity contribution in [3.05, 3.63) is 54.9 Å². The molecule has 5 heteroatoms. The van der Waals surface area contributed by atoms with E-state index in [1.165, 1.54) is 0 Å². The number of nitrogens with zero attached hydrogens (tertiary/aromatic N) is 3. The Labute approximate surface area is 102 Å². The molecule has 0 N–H and O–H groups in total. The van der Waals surface area contributed by atoms with E-state index in [4.69, 9.17) is 4.74 Å². The van der Waals surface area contributed by atoms with E-state index >= 15 is 0 Å². The number of ether oxygens (including phenoxy) is 1. The molecule has 0 amide bonds. The molecule has 0 unspecified atom stereocenters. The molecule has 2 aromatic heterocycles. The third kappa shape index (κ3) is 2.10. The van der Waals surface area contributed by atoms with Crippen molar-refractivity contribution in [2.75, 3.05) is 0 Å². The van der Waals surface area contributed by atoms with Crippen molar-refractivity contribution in [3.8, 4) is 11.6 Å². The largest absolute Gasteiger partial charge is 0.439 e. The smallest absolute Gasteiger partial charge is 0.225 e. The van der Waals surface area contributed by atoms with E-state index in [0.29, 0.717) is 5.75 Å². The van der Waals surface area contributed by atoms with Crippen LogP contribution in [0.4, 0.5) is 4.39 Å². The molecule has 3 rings (SSSR count). The number of hydrogen-bond acceptors (Lipinski definition) is 4. The zero-order valence-electron chi connectivity index (χ0n) is 9.25. The van der Waals surface area contributed by atoms with Crippen molar-refractivity contribution in [1.29, 1.82) is 0 Å². The van der Waals surface area contributed by atoms with Gasteiger partial charge in [-0.2, -0.15) is 4.39 Å². The highest BCUT2D eigenvalue weighted by atomic mass is 19.1. The summed E-state index contributed by atoms with van der Waals surface area (Å²) >= 11 is 0. The van der Waals surface area contributed by atoms with Crippen molar-refractivity contribution in [2.24, 2.45) is 0 Å². The highest BCUT2D eigenvalue weighted by molar-refractivity contribution is 5.79. The van der Waals surface area contributed by atoms with Gasteiger partial charge in [0.05, 0.1) is 11.6 Å². The highest BCUT2D eigenvalue weighted by Crippen LogP contribution is 2.23. The SMILES string of the molecule is Fc1cc(Oc2ccc3cccnc3c2)ncn1. The predicted octanol–water partition coefficient (Wildman–Crippen LogP) is 2.96. The van der Waals surface area contributed by atoms with Crippen LogP contribution in [0.25, 0.3) is 10.9 Å². The van der Waals surface area contributed by atoms with Gasteiger partial charge in [-0.05, 0) is 18.2 Å². The third-order valence-electron chi connectivity index (χ3n) is 2.41. The van der Waals surface area contributed by atoms with Gasteiger partial charge in [0.25, 0.3) is 0 Å². The van der Waals surface area contributed by atoms with Crippen molar-refractivity contribution < 1.29 is 9.13 Å². The van der Waals surface area contributed by atoms with Gasteiger partial charge in [-0.15, -0.1) is 0 Å². The first-order valence-electron chi connectivity index (χ1n) is 5.31. The number of rotatable bonds is 2. The van der Waals surface area contributed by atoms with Gasteiger partial charge < -0.3 is 4.74 Å². The van der Waals surface area contributed by atoms with E-state index in [1.54, 1.807) is 18.3 Å². The van der Waals surface area contributed by atoms with Gasteiger partial charge >= 0.3 is 0 Å². The lowest BCUT2D eigenvalue weighted by molar-refractivity contribution is 0.451. The minimum atomic E-state index is -0.626. The Morgan fingerprint density at radius 2 is 1.94 bits per heavy atom. The van der Waals surface area contributed by atoms with Crippen molar-refractivity contribution in [1.82, 2.24) is 15.0 Å². The summed E-state index contributed by atoms with van der Waals surface area (Å²) in [4.78, 5) is 11.4. The zero-order valence-corrected chi connectivity index (χ0v) is 9.25. The van der Waals surface area contributed by atoms with E-state index in [0.717, 1.165) is 23.3 Å². The van der Waals surface area contributed by atoms with Crippen LogP contribution in [-0.2, 0) is 0 Å². The quantitative estimate of drug-likeness (QED) is 0.647. The second-order valence-corrected chi connectivity index (χ2v) is 3.64. The van der Waals surface area contributed by atoms with Crippen molar-refractivity contribution in [2.45, 2.75) is 0 Å². The van der Waals surface area contributed by atoms with Crippen LogP contribution in [0.3, 0.4) is 0 Å². The fourth-order valence-electron chi connectivity index (χ4n) is 1.60. The Morgan fingerprint density at radius 3 is 2.83 bits per heavy atom. The van der Waals surface area contributed by atoms with E-state index in [1.807, 2.05) is 18.2 Å². The summed E-state index contributed by atoms with van der Waals surface area (Å²) in [5.41, 5.74) is 0.810. The third-order valence-corrected chi connectivity index (χ3v) is 2.41. The average Bonchev–Trinajstić information content (AvgIpc) is 2.39. The summed E-state index contributed by atoms with van der Waals surface area (Å²) in [5.74, 6) is 0.0935. The molecule has 0 bridgehead atoms. The fourth-order valence-corrected chi connectivity index (χ4v) is 1.60. The number of hydrogen-bond donors (Lipinski definition) is 0. The molecule has 18 heavy (non-hydrogen) atoms. The summed E-state index contributed by atoms with van der Waals surface area (Å²) in [6.07, 6.45) is 2.82. The average molecular weight is 241 g/mol. The molecule has 0 radical (unpaired) electrons. The van der Waals surface area contributed by atoms with Gasteiger partial charge in [0.2, 0.25) is 11.8 Å². The summed E-state index contributed by atoms with van der Waals surface area (Å²) in [6.45, 7) is 0. The molecular formula is C13H8FN3O. The van der Waals surface area contributed by atoms with E-state index in [2.05, 4.69) is 15.0 Å². The summed E-state index contributed by atoms with van der Waals surface area (Å²) in [6, 6.07) is 10.4. The van der Waals surface area contributed by atoms with Gasteiger partial charge in [0.15, 0.2) is 0 Å². The molecular weight excluding hydrogens is 233 g/mol. The molecule has 2 heterocycles. The zero-order chi connectivity index (χ0) is 12.4. The maximum atomic E-state index is 12.9. The summed E-state index contributed by atoms with van der Waals surface area (Å²) in [7, 11) is 0. The number of pyridine rings is 1. The molecule has 0 atom stereocenters. The molecule has 1 aromatic carbocycles. The normalized spacial score (nSPS) is 10.5. The molecule has 0 aliphatic carbocycles. The minimum absolute atomic E-state index is 0.165. The van der Waals surface area contributed by atoms with Gasteiger partial charge in [-0.3, -0.25) is 4.98 Å². The van der Waals surface area contributed by atoms with E-state index in [9.17, 15) is 4.39 Å². The Kier molecular flexibility index (Phi) is 2.57. The number of benzene rings is 1. The first kappa shape index (κ1) is 10.6. The topological polar surface area (TPSA) is 47.9 Å². The van der Waals surface area contributed by atoms with Gasteiger partial charge in [-0.25, -0.2) is 9.97 Å².